The summed E-state index contributed by atoms with van der Waals surface area (Å²) in [6.07, 6.45) is 0.497. The first kappa shape index (κ1) is 13.1. The number of benzene rings is 1. The Morgan fingerprint density at radius 3 is 2.75 bits per heavy atom. The lowest BCUT2D eigenvalue weighted by molar-refractivity contribution is -0.126. The van der Waals surface area contributed by atoms with Gasteiger partial charge < -0.3 is 0 Å². The molecule has 0 saturated carbocycles. The molecule has 1 unspecified atom stereocenters. The van der Waals surface area contributed by atoms with Gasteiger partial charge in [0.1, 0.15) is 0 Å². The highest BCUT2D eigenvalue weighted by molar-refractivity contribution is 8.15. The molecule has 0 aliphatic carbocycles. The van der Waals surface area contributed by atoms with Crippen molar-refractivity contribution in [3.8, 4) is 0 Å². The van der Waals surface area contributed by atoms with Crippen LogP contribution in [0.25, 0.3) is 10.9 Å². The smallest absolute Gasteiger partial charge is 0.273 e. The number of carbonyl (C=O) groups is 2. The van der Waals surface area contributed by atoms with Crippen LogP contribution in [0, 0.1) is 0 Å². The van der Waals surface area contributed by atoms with Gasteiger partial charge in [0.05, 0.1) is 10.8 Å². The van der Waals surface area contributed by atoms with Crippen molar-refractivity contribution in [2.24, 2.45) is 0 Å². The molecule has 0 spiro atoms. The average molecular weight is 286 g/mol. The van der Waals surface area contributed by atoms with Crippen LogP contribution >= 0.6 is 11.8 Å². The van der Waals surface area contributed by atoms with E-state index in [-0.39, 0.29) is 16.4 Å². The maximum Gasteiger partial charge on any atom is 0.289 e. The maximum absolute atomic E-state index is 12.1. The zero-order valence-corrected chi connectivity index (χ0v) is 11.9. The Morgan fingerprint density at radius 2 is 2.00 bits per heavy atom. The molecule has 2 aromatic rings. The molecule has 0 bridgehead atoms. The van der Waals surface area contributed by atoms with Crippen LogP contribution in [0.4, 0.5) is 4.79 Å². The monoisotopic (exact) mass is 286 g/mol. The molecule has 1 aliphatic rings. The van der Waals surface area contributed by atoms with Gasteiger partial charge in [-0.3, -0.25) is 19.5 Å². The number of hydrogen-bond acceptors (Lipinski definition) is 4. The fraction of sp³-hybridized carbons (Fsp3) is 0.267. The molecule has 5 heteroatoms. The Labute approximate surface area is 121 Å². The lowest BCUT2D eigenvalue weighted by Crippen LogP contribution is -2.31. The van der Waals surface area contributed by atoms with Crippen molar-refractivity contribution in [1.82, 2.24) is 9.88 Å². The van der Waals surface area contributed by atoms with E-state index in [0.29, 0.717) is 13.0 Å². The first-order chi connectivity index (χ1) is 9.69. The number of fused-ring (bicyclic) bond motifs is 1. The standard InChI is InChI=1S/C15H14N2O2S/c1-2-17-14(18)13(20-15(17)19)9-11-8-7-10-5-3-4-6-12(10)16-11/h3-8,13H,2,9H2,1H3. The third kappa shape index (κ3) is 2.29. The molecule has 1 aromatic carbocycles. The summed E-state index contributed by atoms with van der Waals surface area (Å²) in [4.78, 5) is 29.6. The summed E-state index contributed by atoms with van der Waals surface area (Å²) in [5, 5.41) is 0.590. The van der Waals surface area contributed by atoms with Crippen molar-refractivity contribution in [3.05, 3.63) is 42.1 Å². The second kappa shape index (κ2) is 5.25. The molecule has 2 amide bonds. The van der Waals surface area contributed by atoms with E-state index in [1.54, 1.807) is 0 Å². The number of aromatic nitrogens is 1. The molecule has 3 rings (SSSR count). The molecule has 0 N–H and O–H groups in total. The van der Waals surface area contributed by atoms with Crippen molar-refractivity contribution < 1.29 is 9.59 Å². The minimum absolute atomic E-state index is 0.0996. The quantitative estimate of drug-likeness (QED) is 0.870. The van der Waals surface area contributed by atoms with Crippen LogP contribution < -0.4 is 0 Å². The van der Waals surface area contributed by atoms with E-state index in [1.165, 1.54) is 4.90 Å². The van der Waals surface area contributed by atoms with Gasteiger partial charge in [-0.1, -0.05) is 36.0 Å². The predicted octanol–water partition coefficient (Wildman–Crippen LogP) is 2.86. The van der Waals surface area contributed by atoms with Crippen molar-refractivity contribution >= 4 is 33.8 Å². The predicted molar refractivity (Wildman–Crippen MR) is 79.6 cm³/mol. The van der Waals surface area contributed by atoms with Gasteiger partial charge in [0.25, 0.3) is 5.24 Å². The molecule has 4 nitrogen and oxygen atoms in total. The molecular formula is C15H14N2O2S. The van der Waals surface area contributed by atoms with E-state index >= 15 is 0 Å². The van der Waals surface area contributed by atoms with Crippen LogP contribution in [-0.4, -0.2) is 32.8 Å². The van der Waals surface area contributed by atoms with E-state index in [4.69, 9.17) is 0 Å². The van der Waals surface area contributed by atoms with E-state index in [1.807, 2.05) is 43.3 Å². The zero-order chi connectivity index (χ0) is 14.1. The first-order valence-electron chi connectivity index (χ1n) is 6.55. The van der Waals surface area contributed by atoms with Gasteiger partial charge in [-0.15, -0.1) is 0 Å². The lowest BCUT2D eigenvalue weighted by atomic mass is 10.1. The van der Waals surface area contributed by atoms with Crippen LogP contribution in [0.1, 0.15) is 12.6 Å². The Morgan fingerprint density at radius 1 is 1.20 bits per heavy atom. The number of carbonyl (C=O) groups excluding carboxylic acids is 2. The van der Waals surface area contributed by atoms with E-state index in [9.17, 15) is 9.59 Å². The van der Waals surface area contributed by atoms with Crippen LogP contribution in [0.2, 0.25) is 0 Å². The Bertz CT molecular complexity index is 686. The van der Waals surface area contributed by atoms with E-state index < -0.39 is 0 Å². The third-order valence-electron chi connectivity index (χ3n) is 3.37. The summed E-state index contributed by atoms with van der Waals surface area (Å²) in [6, 6.07) is 11.8. The van der Waals surface area contributed by atoms with E-state index in [0.717, 1.165) is 28.4 Å². The fourth-order valence-electron chi connectivity index (χ4n) is 2.33. The zero-order valence-electron chi connectivity index (χ0n) is 11.1. The lowest BCUT2D eigenvalue weighted by Gasteiger charge is -2.10. The summed E-state index contributed by atoms with van der Waals surface area (Å²) in [5.74, 6) is -0.0996. The fourth-order valence-corrected chi connectivity index (χ4v) is 3.40. The highest BCUT2D eigenvalue weighted by Crippen LogP contribution is 2.29. The van der Waals surface area contributed by atoms with Gasteiger partial charge in [-0.2, -0.15) is 0 Å². The molecular weight excluding hydrogens is 272 g/mol. The number of nitrogens with zero attached hydrogens (tertiary/aromatic N) is 2. The average Bonchev–Trinajstić information content (AvgIpc) is 2.73. The number of imide groups is 1. The minimum Gasteiger partial charge on any atom is -0.273 e. The summed E-state index contributed by atoms with van der Waals surface area (Å²) >= 11 is 1.10. The molecule has 20 heavy (non-hydrogen) atoms. The molecule has 1 saturated heterocycles. The summed E-state index contributed by atoms with van der Waals surface area (Å²) in [5.41, 5.74) is 1.76. The number of thioether (sulfide) groups is 1. The third-order valence-corrected chi connectivity index (χ3v) is 4.45. The number of amides is 2. The van der Waals surface area contributed by atoms with Crippen LogP contribution in [0.5, 0.6) is 0 Å². The minimum atomic E-state index is -0.337. The summed E-state index contributed by atoms with van der Waals surface area (Å²) in [6.45, 7) is 2.25. The highest BCUT2D eigenvalue weighted by atomic mass is 32.2. The van der Waals surface area contributed by atoms with Crippen molar-refractivity contribution in [2.45, 2.75) is 18.6 Å². The number of para-hydroxylation sites is 1. The Hall–Kier alpha value is -1.88. The van der Waals surface area contributed by atoms with Gasteiger partial charge in [0.15, 0.2) is 0 Å². The molecule has 1 fully saturated rings. The highest BCUT2D eigenvalue weighted by Gasteiger charge is 2.38. The van der Waals surface area contributed by atoms with Gasteiger partial charge >= 0.3 is 0 Å². The molecule has 2 heterocycles. The van der Waals surface area contributed by atoms with E-state index in [2.05, 4.69) is 4.98 Å². The maximum atomic E-state index is 12.1. The molecule has 1 aromatic heterocycles. The van der Waals surface area contributed by atoms with Gasteiger partial charge in [0, 0.05) is 24.0 Å². The van der Waals surface area contributed by atoms with Crippen LogP contribution in [0.15, 0.2) is 36.4 Å². The van der Waals surface area contributed by atoms with Crippen molar-refractivity contribution in [3.63, 3.8) is 0 Å². The first-order valence-corrected chi connectivity index (χ1v) is 7.43. The topological polar surface area (TPSA) is 50.3 Å². The van der Waals surface area contributed by atoms with Crippen LogP contribution in [0.3, 0.4) is 0 Å². The summed E-state index contributed by atoms with van der Waals surface area (Å²) in [7, 11) is 0. The summed E-state index contributed by atoms with van der Waals surface area (Å²) < 4.78 is 0. The normalized spacial score (nSPS) is 19.1. The van der Waals surface area contributed by atoms with Crippen LogP contribution in [-0.2, 0) is 11.2 Å². The number of hydrogen-bond donors (Lipinski definition) is 0. The molecule has 102 valence electrons. The Balaban J connectivity index is 1.83. The second-order valence-corrected chi connectivity index (χ2v) is 5.81. The largest absolute Gasteiger partial charge is 0.289 e. The van der Waals surface area contributed by atoms with Gasteiger partial charge in [0.2, 0.25) is 5.91 Å². The second-order valence-electron chi connectivity index (χ2n) is 4.65. The van der Waals surface area contributed by atoms with Gasteiger partial charge in [-0.25, -0.2) is 0 Å². The molecule has 1 atom stereocenters. The SMILES string of the molecule is CCN1C(=O)SC(Cc2ccc3ccccc3n2)C1=O. The van der Waals surface area contributed by atoms with Gasteiger partial charge in [-0.05, 0) is 19.1 Å². The van der Waals surface area contributed by atoms with Crippen molar-refractivity contribution in [2.75, 3.05) is 6.54 Å². The Kier molecular flexibility index (Phi) is 3.44. The molecule has 1 aliphatic heterocycles. The van der Waals surface area contributed by atoms with Crippen molar-refractivity contribution in [1.29, 1.82) is 0 Å². The number of pyridine rings is 1. The molecule has 0 radical (unpaired) electrons. The number of rotatable bonds is 3.